The number of halogens is 3. The van der Waals surface area contributed by atoms with Crippen LogP contribution in [-0.2, 0) is 6.18 Å². The van der Waals surface area contributed by atoms with Gasteiger partial charge in [-0.2, -0.15) is 13.2 Å². The number of fused-ring (bicyclic) bond motifs is 1. The van der Waals surface area contributed by atoms with Crippen molar-refractivity contribution in [1.29, 1.82) is 0 Å². The molecule has 0 saturated carbocycles. The number of hydrogen-bond acceptors (Lipinski definition) is 2. The van der Waals surface area contributed by atoms with Gasteiger partial charge in [-0.1, -0.05) is 12.1 Å². The molecule has 1 aromatic heterocycles. The summed E-state index contributed by atoms with van der Waals surface area (Å²) in [5.41, 5.74) is 4.82. The van der Waals surface area contributed by atoms with E-state index in [0.29, 0.717) is 0 Å². The van der Waals surface area contributed by atoms with Gasteiger partial charge in [0.05, 0.1) is 6.54 Å². The largest absolute Gasteiger partial charge is 0.431 e. The molecule has 3 nitrogen and oxygen atoms in total. The van der Waals surface area contributed by atoms with E-state index in [2.05, 4.69) is 4.98 Å². The zero-order valence-electron chi connectivity index (χ0n) is 8.64. The summed E-state index contributed by atoms with van der Waals surface area (Å²) in [6.07, 6.45) is -4.46. The Labute approximate surface area is 94.4 Å². The van der Waals surface area contributed by atoms with Crippen LogP contribution in [0.2, 0.25) is 0 Å². The van der Waals surface area contributed by atoms with Gasteiger partial charge in [0.2, 0.25) is 0 Å². The number of rotatable bonds is 2. The molecule has 6 heteroatoms. The lowest BCUT2D eigenvalue weighted by atomic mass is 10.1. The fraction of sp³-hybridized carbons (Fsp3) is 0.182. The summed E-state index contributed by atoms with van der Waals surface area (Å²) in [5.74, 6) is -0.386. The van der Waals surface area contributed by atoms with E-state index in [9.17, 15) is 18.0 Å². The molecule has 0 atom stereocenters. The maximum Gasteiger partial charge on any atom is 0.431 e. The van der Waals surface area contributed by atoms with Gasteiger partial charge < -0.3 is 10.7 Å². The van der Waals surface area contributed by atoms with Crippen LogP contribution in [0.25, 0.3) is 10.9 Å². The number of nitrogens with two attached hydrogens (primary N) is 1. The van der Waals surface area contributed by atoms with E-state index in [0.717, 1.165) is 6.07 Å². The summed E-state index contributed by atoms with van der Waals surface area (Å²) in [6, 6.07) is 5.39. The Hall–Kier alpha value is -1.82. The van der Waals surface area contributed by atoms with Gasteiger partial charge in [-0.3, -0.25) is 4.79 Å². The monoisotopic (exact) mass is 242 g/mol. The summed E-state index contributed by atoms with van der Waals surface area (Å²) in [6.45, 7) is -0.231. The summed E-state index contributed by atoms with van der Waals surface area (Å²) < 4.78 is 37.5. The molecule has 0 fully saturated rings. The first-order valence-electron chi connectivity index (χ1n) is 4.85. The van der Waals surface area contributed by atoms with E-state index in [1.54, 1.807) is 0 Å². The molecular weight excluding hydrogens is 233 g/mol. The SMILES string of the molecule is NCC(=O)c1cccc2[nH]c(C(F)(F)F)cc12. The molecule has 0 saturated heterocycles. The highest BCUT2D eigenvalue weighted by Crippen LogP contribution is 2.32. The van der Waals surface area contributed by atoms with Gasteiger partial charge in [0.15, 0.2) is 5.78 Å². The minimum Gasteiger partial charge on any atom is -0.351 e. The first-order chi connectivity index (χ1) is 7.93. The lowest BCUT2D eigenvalue weighted by Gasteiger charge is -2.00. The highest BCUT2D eigenvalue weighted by atomic mass is 19.4. The molecule has 0 radical (unpaired) electrons. The summed E-state index contributed by atoms with van der Waals surface area (Å²) in [4.78, 5) is 13.7. The number of carbonyl (C=O) groups is 1. The standard InChI is InChI=1S/C11H9F3N2O/c12-11(13,14)10-4-7-6(9(17)5-15)2-1-3-8(7)16-10/h1-4,16H,5,15H2. The van der Waals surface area contributed by atoms with Crippen LogP contribution >= 0.6 is 0 Å². The molecule has 1 aromatic carbocycles. The van der Waals surface area contributed by atoms with Gasteiger partial charge in [-0.15, -0.1) is 0 Å². The highest BCUT2D eigenvalue weighted by Gasteiger charge is 2.33. The highest BCUT2D eigenvalue weighted by molar-refractivity contribution is 6.08. The van der Waals surface area contributed by atoms with Crippen LogP contribution in [-0.4, -0.2) is 17.3 Å². The van der Waals surface area contributed by atoms with E-state index < -0.39 is 11.9 Å². The molecule has 0 amide bonds. The average molecular weight is 242 g/mol. The normalized spacial score (nSPS) is 12.0. The molecule has 2 aromatic rings. The van der Waals surface area contributed by atoms with E-state index >= 15 is 0 Å². The van der Waals surface area contributed by atoms with Crippen molar-refractivity contribution in [3.63, 3.8) is 0 Å². The van der Waals surface area contributed by atoms with Crippen LogP contribution in [0.3, 0.4) is 0 Å². The molecule has 2 rings (SSSR count). The number of aromatic amines is 1. The van der Waals surface area contributed by atoms with Crippen molar-refractivity contribution in [2.24, 2.45) is 5.73 Å². The number of ketones is 1. The molecule has 90 valence electrons. The molecule has 3 N–H and O–H groups in total. The first kappa shape index (κ1) is 11.7. The number of carbonyl (C=O) groups excluding carboxylic acids is 1. The van der Waals surface area contributed by atoms with Crippen molar-refractivity contribution in [3.8, 4) is 0 Å². The third-order valence-electron chi connectivity index (χ3n) is 2.46. The molecule has 0 aliphatic carbocycles. The van der Waals surface area contributed by atoms with Crippen molar-refractivity contribution in [3.05, 3.63) is 35.5 Å². The second kappa shape index (κ2) is 3.89. The first-order valence-corrected chi connectivity index (χ1v) is 4.85. The van der Waals surface area contributed by atoms with Gasteiger partial charge in [0.25, 0.3) is 0 Å². The number of H-pyrrole nitrogens is 1. The second-order valence-electron chi connectivity index (χ2n) is 3.57. The third kappa shape index (κ3) is 2.03. The zero-order valence-corrected chi connectivity index (χ0v) is 8.64. The van der Waals surface area contributed by atoms with E-state index in [1.165, 1.54) is 18.2 Å². The smallest absolute Gasteiger partial charge is 0.351 e. The number of benzene rings is 1. The van der Waals surface area contributed by atoms with Crippen LogP contribution in [0.15, 0.2) is 24.3 Å². The van der Waals surface area contributed by atoms with Gasteiger partial charge in [0.1, 0.15) is 5.69 Å². The molecule has 0 aliphatic rings. The van der Waals surface area contributed by atoms with Crippen molar-refractivity contribution in [2.75, 3.05) is 6.54 Å². The lowest BCUT2D eigenvalue weighted by molar-refractivity contribution is -0.140. The molecule has 0 bridgehead atoms. The van der Waals surface area contributed by atoms with Gasteiger partial charge in [-0.25, -0.2) is 0 Å². The predicted octanol–water partition coefficient (Wildman–Crippen LogP) is 2.33. The van der Waals surface area contributed by atoms with Crippen LogP contribution in [0.5, 0.6) is 0 Å². The molecular formula is C11H9F3N2O. The maximum atomic E-state index is 12.5. The van der Waals surface area contributed by atoms with Crippen molar-refractivity contribution in [2.45, 2.75) is 6.18 Å². The van der Waals surface area contributed by atoms with Crippen LogP contribution in [0.1, 0.15) is 16.1 Å². The molecule has 0 unspecified atom stereocenters. The quantitative estimate of drug-likeness (QED) is 0.794. The predicted molar refractivity (Wildman–Crippen MR) is 56.7 cm³/mol. The third-order valence-corrected chi connectivity index (χ3v) is 2.46. The summed E-state index contributed by atoms with van der Waals surface area (Å²) in [7, 11) is 0. The summed E-state index contributed by atoms with van der Waals surface area (Å²) in [5, 5.41) is 0.246. The van der Waals surface area contributed by atoms with E-state index in [1.807, 2.05) is 0 Å². The number of hydrogen-bond donors (Lipinski definition) is 2. The Balaban J connectivity index is 2.65. The second-order valence-corrected chi connectivity index (χ2v) is 3.57. The fourth-order valence-corrected chi connectivity index (χ4v) is 1.66. The number of alkyl halides is 3. The van der Waals surface area contributed by atoms with Crippen molar-refractivity contribution in [1.82, 2.24) is 4.98 Å². The van der Waals surface area contributed by atoms with E-state index in [-0.39, 0.29) is 28.8 Å². The Bertz CT molecular complexity index is 572. The minimum absolute atomic E-state index is 0.205. The maximum absolute atomic E-state index is 12.5. The Kier molecular flexibility index (Phi) is 2.66. The summed E-state index contributed by atoms with van der Waals surface area (Å²) >= 11 is 0. The van der Waals surface area contributed by atoms with Crippen LogP contribution in [0.4, 0.5) is 13.2 Å². The van der Waals surface area contributed by atoms with E-state index in [4.69, 9.17) is 5.73 Å². The molecule has 0 aliphatic heterocycles. The Morgan fingerprint density at radius 3 is 2.65 bits per heavy atom. The zero-order chi connectivity index (χ0) is 12.6. The van der Waals surface area contributed by atoms with Crippen LogP contribution < -0.4 is 5.73 Å². The molecule has 17 heavy (non-hydrogen) atoms. The van der Waals surface area contributed by atoms with Crippen molar-refractivity contribution < 1.29 is 18.0 Å². The van der Waals surface area contributed by atoms with Gasteiger partial charge >= 0.3 is 6.18 Å². The Morgan fingerprint density at radius 1 is 1.35 bits per heavy atom. The number of aromatic nitrogens is 1. The molecule has 1 heterocycles. The van der Waals surface area contributed by atoms with Gasteiger partial charge in [-0.05, 0) is 12.1 Å². The Morgan fingerprint density at radius 2 is 2.06 bits per heavy atom. The molecule has 0 spiro atoms. The van der Waals surface area contributed by atoms with Crippen LogP contribution in [0, 0.1) is 0 Å². The number of nitrogens with one attached hydrogen (secondary N) is 1. The minimum atomic E-state index is -4.46. The fourth-order valence-electron chi connectivity index (χ4n) is 1.66. The van der Waals surface area contributed by atoms with Gasteiger partial charge in [0, 0.05) is 16.5 Å². The average Bonchev–Trinajstić information content (AvgIpc) is 2.71. The topological polar surface area (TPSA) is 58.9 Å². The van der Waals surface area contributed by atoms with Crippen molar-refractivity contribution >= 4 is 16.7 Å². The lowest BCUT2D eigenvalue weighted by Crippen LogP contribution is -2.13. The number of Topliss-reactive ketones (excluding diaryl/α,β-unsaturated/α-hetero) is 1.